The molecular weight excluding hydrogens is 545 g/mol. The lowest BCUT2D eigenvalue weighted by molar-refractivity contribution is -0.140. The molecule has 2 amide bonds. The van der Waals surface area contributed by atoms with Crippen molar-refractivity contribution in [1.29, 1.82) is 0 Å². The highest BCUT2D eigenvalue weighted by atomic mass is 35.5. The van der Waals surface area contributed by atoms with Crippen molar-refractivity contribution in [3.63, 3.8) is 0 Å². The predicted octanol–water partition coefficient (Wildman–Crippen LogP) is 5.63. The van der Waals surface area contributed by atoms with Crippen molar-refractivity contribution in [2.24, 2.45) is 0 Å². The van der Waals surface area contributed by atoms with E-state index in [4.69, 9.17) is 23.2 Å². The average Bonchev–Trinajstić information content (AvgIpc) is 2.84. The van der Waals surface area contributed by atoms with E-state index in [1.807, 2.05) is 19.9 Å². The number of nitrogens with zero attached hydrogens (tertiary/aromatic N) is 2. The van der Waals surface area contributed by atoms with Gasteiger partial charge in [-0.1, -0.05) is 73.2 Å². The Labute approximate surface area is 236 Å². The number of anilines is 1. The highest BCUT2D eigenvalue weighted by molar-refractivity contribution is 7.92. The first-order valence-corrected chi connectivity index (χ1v) is 15.6. The number of aryl methyl sites for hydroxylation is 2. The third kappa shape index (κ3) is 7.64. The Hall–Kier alpha value is -2.29. The molecule has 0 radical (unpaired) electrons. The molecule has 10 heteroatoms. The van der Waals surface area contributed by atoms with Crippen LogP contribution in [0.4, 0.5) is 5.69 Å². The Bertz CT molecular complexity index is 1240. The van der Waals surface area contributed by atoms with Gasteiger partial charge in [-0.3, -0.25) is 13.9 Å². The summed E-state index contributed by atoms with van der Waals surface area (Å²) in [5, 5.41) is 3.86. The third-order valence-electron chi connectivity index (χ3n) is 7.03. The summed E-state index contributed by atoms with van der Waals surface area (Å²) >= 11 is 12.9. The molecule has 38 heavy (non-hydrogen) atoms. The van der Waals surface area contributed by atoms with Crippen LogP contribution in [-0.4, -0.2) is 50.0 Å². The van der Waals surface area contributed by atoms with E-state index in [0.29, 0.717) is 27.7 Å². The fourth-order valence-corrected chi connectivity index (χ4v) is 6.42. The second-order valence-electron chi connectivity index (χ2n) is 10.0. The number of sulfonamides is 1. The van der Waals surface area contributed by atoms with Gasteiger partial charge in [0.05, 0.1) is 11.9 Å². The molecule has 2 aromatic rings. The first-order chi connectivity index (χ1) is 17.9. The van der Waals surface area contributed by atoms with Crippen LogP contribution in [0.2, 0.25) is 10.0 Å². The van der Waals surface area contributed by atoms with E-state index in [1.165, 1.54) is 4.90 Å². The highest BCUT2D eigenvalue weighted by Gasteiger charge is 2.33. The molecule has 1 aliphatic carbocycles. The summed E-state index contributed by atoms with van der Waals surface area (Å²) in [5.74, 6) is -0.773. The predicted molar refractivity (Wildman–Crippen MR) is 154 cm³/mol. The Balaban J connectivity index is 1.98. The van der Waals surface area contributed by atoms with E-state index in [0.717, 1.165) is 53.8 Å². The maximum Gasteiger partial charge on any atom is 0.244 e. The minimum Gasteiger partial charge on any atom is -0.352 e. The third-order valence-corrected chi connectivity index (χ3v) is 8.86. The Morgan fingerprint density at radius 3 is 2.24 bits per heavy atom. The fraction of sp³-hybridized carbons (Fsp3) is 0.500. The van der Waals surface area contributed by atoms with E-state index in [1.54, 1.807) is 37.3 Å². The van der Waals surface area contributed by atoms with Gasteiger partial charge in [0, 0.05) is 28.2 Å². The number of amides is 2. The zero-order valence-electron chi connectivity index (χ0n) is 22.5. The number of rotatable bonds is 10. The number of benzene rings is 2. The van der Waals surface area contributed by atoms with Gasteiger partial charge < -0.3 is 10.2 Å². The lowest BCUT2D eigenvalue weighted by Gasteiger charge is -2.34. The van der Waals surface area contributed by atoms with Crippen LogP contribution in [0.15, 0.2) is 36.4 Å². The van der Waals surface area contributed by atoms with E-state index < -0.39 is 28.5 Å². The monoisotopic (exact) mass is 581 g/mol. The van der Waals surface area contributed by atoms with Gasteiger partial charge in [0.1, 0.15) is 12.6 Å². The van der Waals surface area contributed by atoms with Gasteiger partial charge in [-0.2, -0.15) is 0 Å². The van der Waals surface area contributed by atoms with Crippen molar-refractivity contribution in [3.8, 4) is 0 Å². The molecule has 1 saturated carbocycles. The number of nitrogens with one attached hydrogen (secondary N) is 1. The Morgan fingerprint density at radius 2 is 1.68 bits per heavy atom. The molecule has 3 rings (SSSR count). The standard InChI is InChI=1S/C28H37Cl2N3O4S/c1-5-25(28(35)31-21-10-7-6-8-11-21)32(17-22-23(29)12-9-13-24(22)30)27(34)18-33(38(4,36)37)26-15-14-19(2)16-20(26)3/h9,12-16,21,25H,5-8,10-11,17-18H2,1-4H3,(H,31,35)/t25-/m0/s1. The van der Waals surface area contributed by atoms with E-state index in [-0.39, 0.29) is 18.5 Å². The second kappa shape index (κ2) is 13.2. The number of hydrogen-bond donors (Lipinski definition) is 1. The summed E-state index contributed by atoms with van der Waals surface area (Å²) in [6.07, 6.45) is 6.48. The quantitative estimate of drug-likeness (QED) is 0.393. The molecule has 1 fully saturated rings. The van der Waals surface area contributed by atoms with Crippen LogP contribution >= 0.6 is 23.2 Å². The molecule has 0 aromatic heterocycles. The molecule has 0 heterocycles. The first-order valence-electron chi connectivity index (χ1n) is 13.0. The number of carbonyl (C=O) groups excluding carboxylic acids is 2. The van der Waals surface area contributed by atoms with Gasteiger partial charge >= 0.3 is 0 Å². The van der Waals surface area contributed by atoms with Gasteiger partial charge in [-0.15, -0.1) is 0 Å². The smallest absolute Gasteiger partial charge is 0.244 e. The Kier molecular flexibility index (Phi) is 10.5. The zero-order chi connectivity index (χ0) is 28.0. The lowest BCUT2D eigenvalue weighted by atomic mass is 9.95. The topological polar surface area (TPSA) is 86.8 Å². The van der Waals surface area contributed by atoms with E-state index >= 15 is 0 Å². The molecule has 2 aromatic carbocycles. The molecule has 208 valence electrons. The molecule has 1 N–H and O–H groups in total. The average molecular weight is 583 g/mol. The molecular formula is C28H37Cl2N3O4S. The minimum atomic E-state index is -3.81. The fourth-order valence-electron chi connectivity index (χ4n) is 5.00. The van der Waals surface area contributed by atoms with Crippen LogP contribution in [0.1, 0.15) is 62.1 Å². The normalized spacial score (nSPS) is 15.1. The van der Waals surface area contributed by atoms with Crippen molar-refractivity contribution < 1.29 is 18.0 Å². The van der Waals surface area contributed by atoms with Gasteiger partial charge in [-0.05, 0) is 56.9 Å². The second-order valence-corrected chi connectivity index (χ2v) is 12.8. The first kappa shape index (κ1) is 30.3. The minimum absolute atomic E-state index is 0.0293. The summed E-state index contributed by atoms with van der Waals surface area (Å²) in [6, 6.07) is 9.66. The maximum atomic E-state index is 13.9. The number of halogens is 2. The van der Waals surface area contributed by atoms with Gasteiger partial charge in [0.2, 0.25) is 21.8 Å². The number of carbonyl (C=O) groups is 2. The molecule has 0 spiro atoms. The molecule has 7 nitrogen and oxygen atoms in total. The van der Waals surface area contributed by atoms with Crippen LogP contribution in [0.25, 0.3) is 0 Å². The van der Waals surface area contributed by atoms with Crippen molar-refractivity contribution in [3.05, 3.63) is 63.1 Å². The van der Waals surface area contributed by atoms with Gasteiger partial charge in [0.15, 0.2) is 0 Å². The Morgan fingerprint density at radius 1 is 1.05 bits per heavy atom. The van der Waals surface area contributed by atoms with Crippen molar-refractivity contribution in [1.82, 2.24) is 10.2 Å². The van der Waals surface area contributed by atoms with Gasteiger partial charge in [-0.25, -0.2) is 8.42 Å². The van der Waals surface area contributed by atoms with Crippen molar-refractivity contribution in [2.75, 3.05) is 17.1 Å². The lowest BCUT2D eigenvalue weighted by Crippen LogP contribution is -2.54. The van der Waals surface area contributed by atoms with Crippen molar-refractivity contribution >= 4 is 50.7 Å². The van der Waals surface area contributed by atoms with Crippen LogP contribution in [0, 0.1) is 13.8 Å². The zero-order valence-corrected chi connectivity index (χ0v) is 24.8. The summed E-state index contributed by atoms with van der Waals surface area (Å²) in [7, 11) is -3.81. The van der Waals surface area contributed by atoms with Gasteiger partial charge in [0.25, 0.3) is 0 Å². The summed E-state index contributed by atoms with van der Waals surface area (Å²) in [6.45, 7) is 5.06. The maximum absolute atomic E-state index is 13.9. The van der Waals surface area contributed by atoms with Crippen LogP contribution in [-0.2, 0) is 26.2 Å². The molecule has 0 saturated heterocycles. The molecule has 0 unspecified atom stereocenters. The molecule has 1 atom stereocenters. The van der Waals surface area contributed by atoms with Crippen LogP contribution in [0.3, 0.4) is 0 Å². The van der Waals surface area contributed by atoms with E-state index in [9.17, 15) is 18.0 Å². The summed E-state index contributed by atoms with van der Waals surface area (Å²) in [4.78, 5) is 28.8. The summed E-state index contributed by atoms with van der Waals surface area (Å²) < 4.78 is 26.8. The van der Waals surface area contributed by atoms with Crippen LogP contribution in [0.5, 0.6) is 0 Å². The highest BCUT2D eigenvalue weighted by Crippen LogP contribution is 2.29. The molecule has 1 aliphatic rings. The molecule has 0 aliphatic heterocycles. The number of hydrogen-bond acceptors (Lipinski definition) is 4. The SMILES string of the molecule is CC[C@@H](C(=O)NC1CCCCC1)N(Cc1c(Cl)cccc1Cl)C(=O)CN(c1ccc(C)cc1C)S(C)(=O)=O. The van der Waals surface area contributed by atoms with E-state index in [2.05, 4.69) is 5.32 Å². The summed E-state index contributed by atoms with van der Waals surface area (Å²) in [5.41, 5.74) is 2.63. The van der Waals surface area contributed by atoms with Crippen LogP contribution < -0.4 is 9.62 Å². The molecule has 0 bridgehead atoms. The van der Waals surface area contributed by atoms with Crippen molar-refractivity contribution in [2.45, 2.75) is 77.9 Å². The largest absolute Gasteiger partial charge is 0.352 e.